The first-order chi connectivity index (χ1) is 14.4. The molecule has 0 unspecified atom stereocenters. The third-order valence-corrected chi connectivity index (χ3v) is 8.09. The van der Waals surface area contributed by atoms with Gasteiger partial charge in [0.15, 0.2) is 15.0 Å². The van der Waals surface area contributed by atoms with Crippen LogP contribution in [0.1, 0.15) is 17.3 Å². The van der Waals surface area contributed by atoms with Gasteiger partial charge in [-0.3, -0.25) is 4.79 Å². The molecule has 1 fully saturated rings. The predicted molar refractivity (Wildman–Crippen MR) is 124 cm³/mol. The lowest BCUT2D eigenvalue weighted by Crippen LogP contribution is -2.48. The molecule has 4 rings (SSSR count). The zero-order chi connectivity index (χ0) is 21.3. The van der Waals surface area contributed by atoms with E-state index in [0.717, 1.165) is 26.0 Å². The van der Waals surface area contributed by atoms with E-state index in [9.17, 15) is 13.2 Å². The summed E-state index contributed by atoms with van der Waals surface area (Å²) in [4.78, 5) is 22.9. The Morgan fingerprint density at radius 2 is 1.87 bits per heavy atom. The van der Waals surface area contributed by atoms with Crippen molar-refractivity contribution < 1.29 is 13.2 Å². The molecule has 1 amide bonds. The minimum Gasteiger partial charge on any atom is -0.345 e. The number of amides is 1. The number of piperazine rings is 1. The highest BCUT2D eigenvalue weighted by atomic mass is 32.2. The molecule has 1 aliphatic heterocycles. The molecule has 30 heavy (non-hydrogen) atoms. The minimum absolute atomic E-state index is 0.0527. The second-order valence-corrected chi connectivity index (χ2v) is 11.4. The zero-order valence-corrected chi connectivity index (χ0v) is 19.3. The number of thioether (sulfide) groups is 1. The van der Waals surface area contributed by atoms with E-state index in [4.69, 9.17) is 0 Å². The van der Waals surface area contributed by atoms with Crippen molar-refractivity contribution in [3.8, 4) is 0 Å². The molecule has 0 radical (unpaired) electrons. The first-order valence-corrected chi connectivity index (χ1v) is 13.4. The molecule has 0 aliphatic carbocycles. The fourth-order valence-corrected chi connectivity index (χ4v) is 6.17. The van der Waals surface area contributed by atoms with Gasteiger partial charge in [-0.2, -0.15) is 0 Å². The minimum atomic E-state index is -3.33. The Morgan fingerprint density at radius 3 is 2.57 bits per heavy atom. The first-order valence-electron chi connectivity index (χ1n) is 9.73. The number of sulfone groups is 1. The van der Waals surface area contributed by atoms with Crippen LogP contribution < -0.4 is 4.90 Å². The van der Waals surface area contributed by atoms with Crippen molar-refractivity contribution in [2.75, 3.05) is 43.1 Å². The zero-order valence-electron chi connectivity index (χ0n) is 16.9. The van der Waals surface area contributed by atoms with Crippen LogP contribution in [0.3, 0.4) is 0 Å². The molecule has 1 aliphatic rings. The number of rotatable bonds is 5. The average Bonchev–Trinajstić information content (AvgIpc) is 3.17. The van der Waals surface area contributed by atoms with E-state index >= 15 is 0 Å². The van der Waals surface area contributed by atoms with E-state index in [1.165, 1.54) is 17.6 Å². The Kier molecular flexibility index (Phi) is 6.04. The summed E-state index contributed by atoms with van der Waals surface area (Å²) in [6.45, 7) is 4.66. The van der Waals surface area contributed by atoms with Crippen molar-refractivity contribution in [1.82, 2.24) is 9.88 Å². The maximum atomic E-state index is 12.9. The number of carbonyl (C=O) groups excluding carboxylic acids is 1. The molecule has 158 valence electrons. The summed E-state index contributed by atoms with van der Waals surface area (Å²) in [5, 5.41) is 0.801. The Hall–Kier alpha value is -2.10. The topological polar surface area (TPSA) is 70.6 Å². The third kappa shape index (κ3) is 4.33. The lowest BCUT2D eigenvalue weighted by molar-refractivity contribution is 0.0746. The number of hydrogen-bond donors (Lipinski definition) is 0. The van der Waals surface area contributed by atoms with Gasteiger partial charge < -0.3 is 9.80 Å². The van der Waals surface area contributed by atoms with Gasteiger partial charge in [0, 0.05) is 42.9 Å². The second-order valence-electron chi connectivity index (χ2n) is 7.11. The molecular formula is C21H23N3O3S3. The van der Waals surface area contributed by atoms with Crippen molar-refractivity contribution in [3.63, 3.8) is 0 Å². The molecule has 0 atom stereocenters. The van der Waals surface area contributed by atoms with Gasteiger partial charge in [0.05, 0.1) is 9.60 Å². The normalized spacial score (nSPS) is 15.0. The van der Waals surface area contributed by atoms with Gasteiger partial charge in [-0.05, 0) is 36.1 Å². The predicted octanol–water partition coefficient (Wildman–Crippen LogP) is 3.77. The fourth-order valence-electron chi connectivity index (χ4n) is 3.52. The average molecular weight is 462 g/mol. The van der Waals surface area contributed by atoms with Crippen molar-refractivity contribution in [2.45, 2.75) is 16.7 Å². The molecule has 2 aromatic carbocycles. The van der Waals surface area contributed by atoms with E-state index < -0.39 is 9.84 Å². The van der Waals surface area contributed by atoms with E-state index in [2.05, 4.69) is 16.8 Å². The van der Waals surface area contributed by atoms with Gasteiger partial charge in [-0.1, -0.05) is 30.4 Å². The molecular weight excluding hydrogens is 438 g/mol. The van der Waals surface area contributed by atoms with Crippen LogP contribution in [-0.4, -0.2) is 62.4 Å². The molecule has 3 aromatic rings. The molecule has 1 aromatic heterocycles. The molecule has 2 heterocycles. The number of fused-ring (bicyclic) bond motifs is 1. The quantitative estimate of drug-likeness (QED) is 0.539. The number of nitrogens with zero attached hydrogens (tertiary/aromatic N) is 3. The lowest BCUT2D eigenvalue weighted by Gasteiger charge is -2.34. The van der Waals surface area contributed by atoms with Crippen LogP contribution >= 0.6 is 23.1 Å². The number of hydrogen-bond acceptors (Lipinski definition) is 7. The summed E-state index contributed by atoms with van der Waals surface area (Å²) in [5.41, 5.74) is 1.25. The van der Waals surface area contributed by atoms with Crippen LogP contribution in [0.15, 0.2) is 52.3 Å². The Labute approximate surface area is 184 Å². The number of aromatic nitrogens is 1. The maximum Gasteiger partial charge on any atom is 0.254 e. The number of para-hydroxylation sites is 1. The van der Waals surface area contributed by atoms with Gasteiger partial charge in [0.2, 0.25) is 0 Å². The third-order valence-electron chi connectivity index (χ3n) is 5.00. The second kappa shape index (κ2) is 8.56. The van der Waals surface area contributed by atoms with Crippen LogP contribution in [0.2, 0.25) is 0 Å². The van der Waals surface area contributed by atoms with Gasteiger partial charge in [0.25, 0.3) is 5.91 Å². The first kappa shape index (κ1) is 21.1. The molecule has 0 saturated carbocycles. The maximum absolute atomic E-state index is 12.9. The summed E-state index contributed by atoms with van der Waals surface area (Å²) >= 11 is 3.22. The highest BCUT2D eigenvalue weighted by Gasteiger charge is 2.25. The number of anilines is 1. The number of benzene rings is 2. The van der Waals surface area contributed by atoms with Crippen LogP contribution in [0.5, 0.6) is 0 Å². The van der Waals surface area contributed by atoms with Crippen LogP contribution in [0, 0.1) is 0 Å². The van der Waals surface area contributed by atoms with Gasteiger partial charge >= 0.3 is 0 Å². The summed E-state index contributed by atoms with van der Waals surface area (Å²) in [6.07, 6.45) is 1.21. The van der Waals surface area contributed by atoms with Crippen molar-refractivity contribution in [3.05, 3.63) is 48.0 Å². The summed E-state index contributed by atoms with van der Waals surface area (Å²) in [7, 11) is -3.33. The Balaban J connectivity index is 1.48. The smallest absolute Gasteiger partial charge is 0.254 e. The van der Waals surface area contributed by atoms with Crippen LogP contribution in [0.4, 0.5) is 5.13 Å². The Bertz CT molecular complexity index is 1180. The van der Waals surface area contributed by atoms with Gasteiger partial charge in [-0.25, -0.2) is 13.4 Å². The van der Waals surface area contributed by atoms with Crippen molar-refractivity contribution in [2.24, 2.45) is 0 Å². The molecule has 6 nitrogen and oxygen atoms in total. The van der Waals surface area contributed by atoms with E-state index in [1.807, 2.05) is 35.2 Å². The van der Waals surface area contributed by atoms with Gasteiger partial charge in [0.1, 0.15) is 5.52 Å². The van der Waals surface area contributed by atoms with Crippen molar-refractivity contribution >= 4 is 54.2 Å². The highest BCUT2D eigenvalue weighted by Crippen LogP contribution is 2.33. The standard InChI is InChI=1S/C21H23N3O3S3/c1-3-28-16-7-4-6-15(14-16)20(25)23-10-12-24(13-11-23)21-22-19-17(29-21)8-5-9-18(19)30(2,26)27/h4-9,14H,3,10-13H2,1-2H3. The fraction of sp³-hybridized carbons (Fsp3) is 0.333. The monoisotopic (exact) mass is 461 g/mol. The van der Waals surface area contributed by atoms with E-state index in [0.29, 0.717) is 31.7 Å². The largest absolute Gasteiger partial charge is 0.345 e. The molecule has 9 heteroatoms. The van der Waals surface area contributed by atoms with Crippen LogP contribution in [0.25, 0.3) is 10.2 Å². The van der Waals surface area contributed by atoms with Crippen molar-refractivity contribution in [1.29, 1.82) is 0 Å². The number of carbonyl (C=O) groups is 1. The lowest BCUT2D eigenvalue weighted by atomic mass is 10.2. The molecule has 0 N–H and O–H groups in total. The highest BCUT2D eigenvalue weighted by molar-refractivity contribution is 7.99. The molecule has 0 spiro atoms. The Morgan fingerprint density at radius 1 is 1.13 bits per heavy atom. The van der Waals surface area contributed by atoms with Gasteiger partial charge in [-0.15, -0.1) is 11.8 Å². The summed E-state index contributed by atoms with van der Waals surface area (Å²) in [6, 6.07) is 13.0. The summed E-state index contributed by atoms with van der Waals surface area (Å²) < 4.78 is 25.0. The van der Waals surface area contributed by atoms with E-state index in [-0.39, 0.29) is 10.8 Å². The van der Waals surface area contributed by atoms with E-state index in [1.54, 1.807) is 23.9 Å². The number of thiazole rings is 1. The SMILES string of the molecule is CCSc1cccc(C(=O)N2CCN(c3nc4c(S(C)(=O)=O)cccc4s3)CC2)c1. The summed E-state index contributed by atoms with van der Waals surface area (Å²) in [5.74, 6) is 1.02. The molecule has 0 bridgehead atoms. The molecule has 1 saturated heterocycles. The van der Waals surface area contributed by atoms with Crippen LogP contribution in [-0.2, 0) is 9.84 Å².